The van der Waals surface area contributed by atoms with Crippen molar-refractivity contribution in [3.05, 3.63) is 22.3 Å². The summed E-state index contributed by atoms with van der Waals surface area (Å²) in [5, 5.41) is 41.4. The SMILES string of the molecule is CON=C(C(=O)N[C@@H]1C(=O)N2C(C(=O)[O-])=C(CSc3nnnn3C)CS[C@@H]12)c1csc(NC(=O)OC[C@@H](N)C(=O)O)n1.O.O.[Na+]. The first kappa shape index (κ1) is 39.7. The maximum Gasteiger partial charge on any atom is 1.00 e. The molecule has 45 heavy (non-hydrogen) atoms. The largest absolute Gasteiger partial charge is 1.00 e. The third-order valence-corrected chi connectivity index (χ3v) is 8.74. The second-order valence-electron chi connectivity index (χ2n) is 8.30. The van der Waals surface area contributed by atoms with Crippen LogP contribution < -0.4 is 51.0 Å². The number of oxime groups is 1. The molecule has 0 aromatic carbocycles. The molecule has 0 bridgehead atoms. The number of amides is 3. The number of hydrogen-bond donors (Lipinski definition) is 4. The van der Waals surface area contributed by atoms with E-state index in [1.54, 1.807) is 7.05 Å². The maximum atomic E-state index is 13.1. The van der Waals surface area contributed by atoms with E-state index in [9.17, 15) is 29.1 Å². The van der Waals surface area contributed by atoms with E-state index in [4.69, 9.17) is 20.4 Å². The number of aryl methyl sites for hydroxylation is 1. The molecule has 0 aliphatic carbocycles. The molecule has 25 heteroatoms. The molecule has 4 heterocycles. The zero-order valence-corrected chi connectivity index (χ0v) is 28.0. The first-order valence-electron chi connectivity index (χ1n) is 11.5. The predicted molar refractivity (Wildman–Crippen MR) is 150 cm³/mol. The number of β-lactam (4-membered cyclic amide) rings is 1. The molecular formula is C20H25N10NaO11S3. The van der Waals surface area contributed by atoms with Gasteiger partial charge in [0.25, 0.3) is 11.8 Å². The molecule has 240 valence electrons. The summed E-state index contributed by atoms with van der Waals surface area (Å²) in [5.74, 6) is -3.95. The summed E-state index contributed by atoms with van der Waals surface area (Å²) in [6.45, 7) is -0.585. The van der Waals surface area contributed by atoms with Gasteiger partial charge in [-0.15, -0.1) is 28.2 Å². The second kappa shape index (κ2) is 17.4. The molecule has 3 atom stereocenters. The Kier molecular flexibility index (Phi) is 15.3. The van der Waals surface area contributed by atoms with Gasteiger partial charge in [-0.2, -0.15) is 0 Å². The van der Waals surface area contributed by atoms with Gasteiger partial charge in [0.15, 0.2) is 10.8 Å². The number of rotatable bonds is 12. The van der Waals surface area contributed by atoms with Crippen LogP contribution >= 0.6 is 34.9 Å². The number of fused-ring (bicyclic) bond motifs is 1. The Balaban J connectivity index is 0.00000337. The Morgan fingerprint density at radius 1 is 1.33 bits per heavy atom. The Morgan fingerprint density at radius 2 is 2.04 bits per heavy atom. The number of carbonyl (C=O) groups is 5. The minimum absolute atomic E-state index is 0. The third-order valence-electron chi connectivity index (χ3n) is 5.55. The van der Waals surface area contributed by atoms with Crippen LogP contribution in [0.25, 0.3) is 0 Å². The van der Waals surface area contributed by atoms with E-state index >= 15 is 0 Å². The summed E-state index contributed by atoms with van der Waals surface area (Å²) in [6, 6.07) is -2.50. The summed E-state index contributed by atoms with van der Waals surface area (Å²) < 4.78 is 6.14. The summed E-state index contributed by atoms with van der Waals surface area (Å²) in [4.78, 5) is 70.6. The van der Waals surface area contributed by atoms with Crippen molar-refractivity contribution in [2.45, 2.75) is 22.6 Å². The second-order valence-corrected chi connectivity index (χ2v) is 11.2. The van der Waals surface area contributed by atoms with Crippen LogP contribution in [0.3, 0.4) is 0 Å². The molecule has 0 spiro atoms. The van der Waals surface area contributed by atoms with Gasteiger partial charge in [0.2, 0.25) is 5.16 Å². The fraction of sp³-hybridized carbons (Fsp3) is 0.400. The van der Waals surface area contributed by atoms with E-state index < -0.39 is 53.9 Å². The van der Waals surface area contributed by atoms with Crippen molar-refractivity contribution < 1.29 is 84.3 Å². The number of aliphatic carboxylic acids is 2. The number of carboxylic acid groups (broad SMARTS) is 2. The van der Waals surface area contributed by atoms with E-state index in [1.807, 2.05) is 0 Å². The van der Waals surface area contributed by atoms with Gasteiger partial charge in [-0.3, -0.25) is 24.6 Å². The third kappa shape index (κ3) is 9.10. The molecule has 2 aliphatic heterocycles. The van der Waals surface area contributed by atoms with Crippen LogP contribution in [-0.2, 0) is 35.8 Å². The fourth-order valence-electron chi connectivity index (χ4n) is 3.58. The number of nitrogens with two attached hydrogens (primary N) is 1. The van der Waals surface area contributed by atoms with Gasteiger partial charge in [-0.25, -0.2) is 14.5 Å². The molecule has 0 saturated carbocycles. The molecule has 21 nitrogen and oxygen atoms in total. The van der Waals surface area contributed by atoms with Crippen molar-refractivity contribution in [1.82, 2.24) is 35.4 Å². The summed E-state index contributed by atoms with van der Waals surface area (Å²) >= 11 is 3.35. The maximum absolute atomic E-state index is 13.1. The van der Waals surface area contributed by atoms with E-state index in [1.165, 1.54) is 40.7 Å². The van der Waals surface area contributed by atoms with Crippen molar-refractivity contribution in [2.75, 3.05) is 30.5 Å². The summed E-state index contributed by atoms with van der Waals surface area (Å²) in [6.07, 6.45) is -1.03. The number of hydrogen-bond acceptors (Lipinski definition) is 17. The van der Waals surface area contributed by atoms with Crippen molar-refractivity contribution in [1.29, 1.82) is 0 Å². The van der Waals surface area contributed by atoms with Crippen LogP contribution in [0.5, 0.6) is 0 Å². The minimum atomic E-state index is -1.53. The van der Waals surface area contributed by atoms with Gasteiger partial charge < -0.3 is 46.6 Å². The molecule has 9 N–H and O–H groups in total. The Morgan fingerprint density at radius 3 is 2.64 bits per heavy atom. The number of thioether (sulfide) groups is 2. The first-order valence-corrected chi connectivity index (χ1v) is 14.5. The van der Waals surface area contributed by atoms with E-state index in [-0.39, 0.29) is 74.2 Å². The number of tetrazole rings is 1. The Bertz CT molecular complexity index is 1490. The van der Waals surface area contributed by atoms with Crippen LogP contribution in [0.15, 0.2) is 27.0 Å². The molecule has 1 saturated heterocycles. The van der Waals surface area contributed by atoms with Gasteiger partial charge in [0.05, 0.1) is 11.7 Å². The molecular weight excluding hydrogens is 675 g/mol. The van der Waals surface area contributed by atoms with E-state index in [0.29, 0.717) is 10.7 Å². The molecule has 2 aromatic heterocycles. The van der Waals surface area contributed by atoms with E-state index in [0.717, 1.165) is 16.2 Å². The number of ether oxygens (including phenoxy) is 1. The number of carboxylic acids is 2. The van der Waals surface area contributed by atoms with Crippen LogP contribution in [0, 0.1) is 0 Å². The summed E-state index contributed by atoms with van der Waals surface area (Å²) in [5.41, 5.74) is 5.09. The fourth-order valence-corrected chi connectivity index (χ4v) is 6.60. The molecule has 2 aromatic rings. The molecule has 1 fully saturated rings. The predicted octanol–water partition coefficient (Wildman–Crippen LogP) is -7.47. The Labute approximate surface area is 287 Å². The number of thiazole rings is 1. The summed E-state index contributed by atoms with van der Waals surface area (Å²) in [7, 11) is 2.82. The number of aromatic nitrogens is 5. The van der Waals surface area contributed by atoms with E-state index in [2.05, 4.69) is 36.3 Å². The normalized spacial score (nSPS) is 17.7. The van der Waals surface area contributed by atoms with Crippen LogP contribution in [0.2, 0.25) is 0 Å². The quantitative estimate of drug-likeness (QED) is 0.0525. The average molecular weight is 701 g/mol. The average Bonchev–Trinajstić information content (AvgIpc) is 3.59. The van der Waals surface area contributed by atoms with Crippen LogP contribution in [0.4, 0.5) is 9.93 Å². The number of nitrogens with zero attached hydrogens (tertiary/aromatic N) is 7. The van der Waals surface area contributed by atoms with Gasteiger partial charge >= 0.3 is 41.6 Å². The van der Waals surface area contributed by atoms with Crippen molar-refractivity contribution in [3.63, 3.8) is 0 Å². The topological polar surface area (TPSA) is 332 Å². The molecule has 0 radical (unpaired) electrons. The molecule has 2 aliphatic rings. The minimum Gasteiger partial charge on any atom is -0.543 e. The Hall–Kier alpha value is -3.36. The zero-order chi connectivity index (χ0) is 30.6. The number of nitrogens with one attached hydrogen (secondary N) is 2. The van der Waals surface area contributed by atoms with Gasteiger partial charge in [-0.1, -0.05) is 16.9 Å². The van der Waals surface area contributed by atoms with Crippen LogP contribution in [-0.4, -0.2) is 124 Å². The smallest absolute Gasteiger partial charge is 0.543 e. The molecule has 3 amide bonds. The van der Waals surface area contributed by atoms with Crippen molar-refractivity contribution in [3.8, 4) is 0 Å². The number of carbonyl (C=O) groups excluding carboxylic acids is 4. The van der Waals surface area contributed by atoms with Crippen LogP contribution in [0.1, 0.15) is 5.69 Å². The number of anilines is 1. The zero-order valence-electron chi connectivity index (χ0n) is 23.6. The standard InChI is InChI=1S/C20H22N10O9S3.Na.2H2O/c1-29-19(25-27-28-29)42-5-7-4-40-15-11(14(32)30(15)12(7)17(35)36)23-13(31)10(26-38-2)9-6-41-18(22-9)24-20(37)39-3-8(21)16(33)34;;;/h6,8,11,15H,3-5,21H2,1-2H3,(H,23,31)(H,33,34)(H,35,36)(H,22,24,37);;2*1H2/q;+1;;/p-1/t8-,11-,15+;;;/m1.../s1. The monoisotopic (exact) mass is 700 g/mol. The van der Waals surface area contributed by atoms with Crippen molar-refractivity contribution >= 4 is 75.6 Å². The van der Waals surface area contributed by atoms with Gasteiger partial charge in [0, 0.05) is 23.9 Å². The molecule has 4 rings (SSSR count). The van der Waals surface area contributed by atoms with Gasteiger partial charge in [-0.05, 0) is 16.0 Å². The first-order chi connectivity index (χ1) is 20.0. The van der Waals surface area contributed by atoms with Gasteiger partial charge in [0.1, 0.15) is 36.9 Å². The molecule has 0 unspecified atom stereocenters. The van der Waals surface area contributed by atoms with Crippen molar-refractivity contribution in [2.24, 2.45) is 17.9 Å².